The third-order valence-electron chi connectivity index (χ3n) is 4.66. The Kier molecular flexibility index (Phi) is 4.67. The topological polar surface area (TPSA) is 29.5 Å². The van der Waals surface area contributed by atoms with Crippen LogP contribution in [0.4, 0.5) is 0 Å². The molecule has 0 aromatic heterocycles. The number of aliphatic hydroxyl groups is 1. The van der Waals surface area contributed by atoms with Crippen LogP contribution in [-0.4, -0.2) is 17.3 Å². The van der Waals surface area contributed by atoms with Gasteiger partial charge in [0.05, 0.1) is 6.10 Å². The molecule has 4 unspecified atom stereocenters. The number of rotatable bonds is 2. The van der Waals surface area contributed by atoms with Gasteiger partial charge in [-0.3, -0.25) is 0 Å². The molecule has 0 saturated heterocycles. The van der Waals surface area contributed by atoms with Gasteiger partial charge in [0, 0.05) is 0 Å². The Hall–Kier alpha value is -1.02. The summed E-state index contributed by atoms with van der Waals surface area (Å²) in [6, 6.07) is 6.41. The summed E-state index contributed by atoms with van der Waals surface area (Å²) in [6.07, 6.45) is 1.53. The second kappa shape index (κ2) is 6.00. The van der Waals surface area contributed by atoms with Crippen LogP contribution in [0.5, 0.6) is 5.75 Å². The van der Waals surface area contributed by atoms with Crippen LogP contribution in [0, 0.1) is 18.8 Å². The summed E-state index contributed by atoms with van der Waals surface area (Å²) in [6.45, 7) is 13.1. The zero-order valence-corrected chi connectivity index (χ0v) is 14.3. The largest absolute Gasteiger partial charge is 0.487 e. The minimum atomic E-state index is -0.356. The van der Waals surface area contributed by atoms with Gasteiger partial charge in [0.2, 0.25) is 0 Å². The predicted octanol–water partition coefficient (Wildman–Crippen LogP) is 4.47. The maximum absolute atomic E-state index is 10.3. The zero-order valence-electron chi connectivity index (χ0n) is 14.3. The number of aliphatic hydroxyl groups excluding tert-OH is 1. The van der Waals surface area contributed by atoms with Gasteiger partial charge < -0.3 is 9.84 Å². The van der Waals surface area contributed by atoms with Crippen LogP contribution in [-0.2, 0) is 5.41 Å². The van der Waals surface area contributed by atoms with Gasteiger partial charge in [-0.05, 0) is 54.2 Å². The van der Waals surface area contributed by atoms with E-state index in [4.69, 9.17) is 4.74 Å². The Morgan fingerprint density at radius 1 is 1.14 bits per heavy atom. The van der Waals surface area contributed by atoms with E-state index in [0.29, 0.717) is 11.8 Å². The second-order valence-electron chi connectivity index (χ2n) is 7.93. The van der Waals surface area contributed by atoms with Crippen LogP contribution in [0.1, 0.15) is 58.6 Å². The lowest BCUT2D eigenvalue weighted by molar-refractivity contribution is -0.0391. The highest BCUT2D eigenvalue weighted by Gasteiger charge is 2.34. The van der Waals surface area contributed by atoms with Crippen molar-refractivity contribution in [2.24, 2.45) is 11.8 Å². The number of aryl methyl sites for hydroxylation is 1. The first-order chi connectivity index (χ1) is 9.68. The first-order valence-corrected chi connectivity index (χ1v) is 8.14. The van der Waals surface area contributed by atoms with Crippen molar-refractivity contribution in [2.45, 2.75) is 72.0 Å². The number of hydrogen-bond acceptors (Lipinski definition) is 2. The summed E-state index contributed by atoms with van der Waals surface area (Å²) in [7, 11) is 0. The molecule has 0 bridgehead atoms. The summed E-state index contributed by atoms with van der Waals surface area (Å²) < 4.78 is 6.18. The van der Waals surface area contributed by atoms with E-state index in [1.165, 1.54) is 5.56 Å². The Labute approximate surface area is 129 Å². The van der Waals surface area contributed by atoms with Crippen molar-refractivity contribution in [3.8, 4) is 5.75 Å². The maximum atomic E-state index is 10.3. The van der Waals surface area contributed by atoms with Gasteiger partial charge in [-0.15, -0.1) is 0 Å². The van der Waals surface area contributed by atoms with Crippen molar-refractivity contribution in [1.29, 1.82) is 0 Å². The Bertz CT molecular complexity index is 475. The van der Waals surface area contributed by atoms with Crippen molar-refractivity contribution < 1.29 is 9.84 Å². The van der Waals surface area contributed by atoms with Crippen LogP contribution >= 0.6 is 0 Å². The standard InChI is InChI=1S/C19H30O2/c1-12-9-14(3)18(16(20)10-12)21-17-8-7-15(11-13(17)2)19(4,5)6/h7-8,11-12,14,16,18,20H,9-10H2,1-6H3. The lowest BCUT2D eigenvalue weighted by atomic mass is 9.79. The number of benzene rings is 1. The van der Waals surface area contributed by atoms with E-state index in [-0.39, 0.29) is 17.6 Å². The summed E-state index contributed by atoms with van der Waals surface area (Å²) in [4.78, 5) is 0. The minimum absolute atomic E-state index is 0.0830. The predicted molar refractivity (Wildman–Crippen MR) is 87.9 cm³/mol. The van der Waals surface area contributed by atoms with E-state index in [1.54, 1.807) is 0 Å². The molecule has 0 aliphatic heterocycles. The highest BCUT2D eigenvalue weighted by Crippen LogP contribution is 2.34. The molecule has 1 saturated carbocycles. The average Bonchev–Trinajstić information content (AvgIpc) is 2.33. The molecule has 0 radical (unpaired) electrons. The Morgan fingerprint density at radius 2 is 1.81 bits per heavy atom. The van der Waals surface area contributed by atoms with Gasteiger partial charge in [-0.25, -0.2) is 0 Å². The molecule has 0 spiro atoms. The molecule has 1 aliphatic rings. The lowest BCUT2D eigenvalue weighted by Gasteiger charge is -2.37. The van der Waals surface area contributed by atoms with Crippen LogP contribution in [0.15, 0.2) is 18.2 Å². The summed E-state index contributed by atoms with van der Waals surface area (Å²) >= 11 is 0. The first-order valence-electron chi connectivity index (χ1n) is 8.14. The fourth-order valence-corrected chi connectivity index (χ4v) is 3.38. The van der Waals surface area contributed by atoms with E-state index < -0.39 is 0 Å². The number of hydrogen-bond donors (Lipinski definition) is 1. The highest BCUT2D eigenvalue weighted by molar-refractivity contribution is 5.39. The zero-order chi connectivity index (χ0) is 15.8. The lowest BCUT2D eigenvalue weighted by Crippen LogP contribution is -2.43. The molecule has 1 aliphatic carbocycles. The molecule has 21 heavy (non-hydrogen) atoms. The van der Waals surface area contributed by atoms with Crippen molar-refractivity contribution in [1.82, 2.24) is 0 Å². The Balaban J connectivity index is 2.16. The minimum Gasteiger partial charge on any atom is -0.487 e. The van der Waals surface area contributed by atoms with Gasteiger partial charge in [0.1, 0.15) is 11.9 Å². The van der Waals surface area contributed by atoms with Crippen LogP contribution in [0.25, 0.3) is 0 Å². The molecule has 1 N–H and O–H groups in total. The van der Waals surface area contributed by atoms with E-state index in [2.05, 4.69) is 59.7 Å². The molecule has 2 heteroatoms. The van der Waals surface area contributed by atoms with Crippen molar-refractivity contribution >= 4 is 0 Å². The average molecular weight is 290 g/mol. The van der Waals surface area contributed by atoms with E-state index in [9.17, 15) is 5.11 Å². The van der Waals surface area contributed by atoms with Gasteiger partial charge in [0.25, 0.3) is 0 Å². The van der Waals surface area contributed by atoms with Crippen LogP contribution < -0.4 is 4.74 Å². The van der Waals surface area contributed by atoms with Gasteiger partial charge in [-0.1, -0.05) is 46.8 Å². The quantitative estimate of drug-likeness (QED) is 0.871. The van der Waals surface area contributed by atoms with Gasteiger partial charge >= 0.3 is 0 Å². The molecule has 2 rings (SSSR count). The molecular weight excluding hydrogens is 260 g/mol. The van der Waals surface area contributed by atoms with Gasteiger partial charge in [0.15, 0.2) is 0 Å². The molecule has 0 heterocycles. The fraction of sp³-hybridized carbons (Fsp3) is 0.684. The molecule has 4 atom stereocenters. The van der Waals surface area contributed by atoms with E-state index >= 15 is 0 Å². The number of ether oxygens (including phenoxy) is 1. The third kappa shape index (κ3) is 3.79. The molecule has 0 amide bonds. The second-order valence-corrected chi connectivity index (χ2v) is 7.93. The van der Waals surface area contributed by atoms with E-state index in [0.717, 1.165) is 24.2 Å². The highest BCUT2D eigenvalue weighted by atomic mass is 16.5. The molecule has 1 aromatic rings. The van der Waals surface area contributed by atoms with Crippen molar-refractivity contribution in [3.05, 3.63) is 29.3 Å². The van der Waals surface area contributed by atoms with E-state index in [1.807, 2.05) is 0 Å². The van der Waals surface area contributed by atoms with Crippen LogP contribution in [0.3, 0.4) is 0 Å². The Morgan fingerprint density at radius 3 is 2.33 bits per heavy atom. The third-order valence-corrected chi connectivity index (χ3v) is 4.66. The van der Waals surface area contributed by atoms with Crippen molar-refractivity contribution in [3.63, 3.8) is 0 Å². The normalized spacial score (nSPS) is 30.2. The molecule has 1 aromatic carbocycles. The van der Waals surface area contributed by atoms with Gasteiger partial charge in [-0.2, -0.15) is 0 Å². The monoisotopic (exact) mass is 290 g/mol. The van der Waals surface area contributed by atoms with Crippen molar-refractivity contribution in [2.75, 3.05) is 0 Å². The maximum Gasteiger partial charge on any atom is 0.127 e. The van der Waals surface area contributed by atoms with Crippen LogP contribution in [0.2, 0.25) is 0 Å². The summed E-state index contributed by atoms with van der Waals surface area (Å²) in [5, 5.41) is 10.3. The molecule has 118 valence electrons. The summed E-state index contributed by atoms with van der Waals surface area (Å²) in [5.74, 6) is 1.89. The molecule has 1 fully saturated rings. The smallest absolute Gasteiger partial charge is 0.127 e. The molecular formula is C19H30O2. The first kappa shape index (κ1) is 16.4. The molecule has 2 nitrogen and oxygen atoms in total. The summed E-state index contributed by atoms with van der Waals surface area (Å²) in [5.41, 5.74) is 2.62. The SMILES string of the molecule is Cc1cc(C(C)(C)C)ccc1OC1C(C)CC(C)CC1O. The fourth-order valence-electron chi connectivity index (χ4n) is 3.38.